The van der Waals surface area contributed by atoms with Gasteiger partial charge in [-0.25, -0.2) is 14.6 Å². The summed E-state index contributed by atoms with van der Waals surface area (Å²) in [4.78, 5) is 29.6. The van der Waals surface area contributed by atoms with E-state index in [0.717, 1.165) is 15.4 Å². The Hall–Kier alpha value is -2.48. The van der Waals surface area contributed by atoms with E-state index in [1.54, 1.807) is 28.8 Å². The Bertz CT molecular complexity index is 1210. The molecule has 0 spiro atoms. The van der Waals surface area contributed by atoms with E-state index in [9.17, 15) is 9.59 Å². The molecule has 28 heavy (non-hydrogen) atoms. The molecule has 0 aliphatic rings. The van der Waals surface area contributed by atoms with Crippen LogP contribution in [0.15, 0.2) is 50.3 Å². The van der Waals surface area contributed by atoms with Crippen LogP contribution in [-0.2, 0) is 17.8 Å². The minimum atomic E-state index is -0.545. The molecule has 0 unspecified atom stereocenters. The van der Waals surface area contributed by atoms with Gasteiger partial charge in [-0.05, 0) is 35.6 Å². The molecule has 5 nitrogen and oxygen atoms in total. The summed E-state index contributed by atoms with van der Waals surface area (Å²) in [5.41, 5.74) is 1.59. The first-order chi connectivity index (χ1) is 13.5. The highest BCUT2D eigenvalue weighted by atomic mass is 35.5. The molecule has 0 aliphatic carbocycles. The number of rotatable bonds is 5. The SMILES string of the molecule is CCc1cc2oc(=O)cc(COC(=O)c3csc(-c4cccs4)n3)c2cc1Cl. The summed E-state index contributed by atoms with van der Waals surface area (Å²) < 4.78 is 10.7. The van der Waals surface area contributed by atoms with Crippen molar-refractivity contribution in [3.8, 4) is 9.88 Å². The average Bonchev–Trinajstić information content (AvgIpc) is 3.37. The van der Waals surface area contributed by atoms with E-state index in [0.29, 0.717) is 28.0 Å². The quantitative estimate of drug-likeness (QED) is 0.306. The van der Waals surface area contributed by atoms with E-state index >= 15 is 0 Å². The summed E-state index contributed by atoms with van der Waals surface area (Å²) in [5, 5.41) is 5.62. The Kier molecular flexibility index (Phi) is 5.30. The Morgan fingerprint density at radius 1 is 1.25 bits per heavy atom. The lowest BCUT2D eigenvalue weighted by Gasteiger charge is -2.08. The number of aryl methyl sites for hydroxylation is 1. The number of esters is 1. The van der Waals surface area contributed by atoms with Gasteiger partial charge in [-0.2, -0.15) is 0 Å². The molecule has 0 N–H and O–H groups in total. The third-order valence-electron chi connectivity index (χ3n) is 4.18. The fourth-order valence-electron chi connectivity index (χ4n) is 2.78. The maximum Gasteiger partial charge on any atom is 0.358 e. The van der Waals surface area contributed by atoms with Crippen molar-refractivity contribution in [3.63, 3.8) is 0 Å². The largest absolute Gasteiger partial charge is 0.456 e. The van der Waals surface area contributed by atoms with Crippen LogP contribution >= 0.6 is 34.3 Å². The fourth-order valence-corrected chi connectivity index (χ4v) is 4.68. The smallest absolute Gasteiger partial charge is 0.358 e. The molecule has 8 heteroatoms. The second-order valence-corrected chi connectivity index (χ2v) is 8.19. The molecule has 3 heterocycles. The molecule has 142 valence electrons. The van der Waals surface area contributed by atoms with Crippen molar-refractivity contribution in [2.24, 2.45) is 0 Å². The molecule has 0 aliphatic heterocycles. The van der Waals surface area contributed by atoms with Gasteiger partial charge in [0.2, 0.25) is 0 Å². The fraction of sp³-hybridized carbons (Fsp3) is 0.150. The van der Waals surface area contributed by atoms with Gasteiger partial charge in [0, 0.05) is 27.4 Å². The normalized spacial score (nSPS) is 11.1. The van der Waals surface area contributed by atoms with Gasteiger partial charge in [0.1, 0.15) is 17.2 Å². The molecule has 4 rings (SSSR count). The van der Waals surface area contributed by atoms with Crippen molar-refractivity contribution >= 4 is 51.2 Å². The van der Waals surface area contributed by atoms with E-state index in [4.69, 9.17) is 20.8 Å². The van der Waals surface area contributed by atoms with Gasteiger partial charge in [0.05, 0.1) is 4.88 Å². The predicted octanol–water partition coefficient (Wildman–Crippen LogP) is 5.55. The van der Waals surface area contributed by atoms with Crippen LogP contribution in [0.1, 0.15) is 28.5 Å². The topological polar surface area (TPSA) is 69.4 Å². The van der Waals surface area contributed by atoms with E-state index in [1.807, 2.05) is 24.4 Å². The number of fused-ring (bicyclic) bond motifs is 1. The maximum absolute atomic E-state index is 12.4. The van der Waals surface area contributed by atoms with Gasteiger partial charge in [-0.1, -0.05) is 24.6 Å². The van der Waals surface area contributed by atoms with Gasteiger partial charge < -0.3 is 9.15 Å². The maximum atomic E-state index is 12.4. The molecule has 0 saturated heterocycles. The van der Waals surface area contributed by atoms with Gasteiger partial charge in [-0.3, -0.25) is 0 Å². The van der Waals surface area contributed by atoms with E-state index in [-0.39, 0.29) is 12.3 Å². The minimum Gasteiger partial charge on any atom is -0.456 e. The minimum absolute atomic E-state index is 0.0748. The van der Waals surface area contributed by atoms with Crippen molar-refractivity contribution in [2.45, 2.75) is 20.0 Å². The van der Waals surface area contributed by atoms with E-state index < -0.39 is 11.6 Å². The molecule has 0 radical (unpaired) electrons. The zero-order valence-corrected chi connectivity index (χ0v) is 17.1. The molecule has 4 aromatic rings. The van der Waals surface area contributed by atoms with Gasteiger partial charge in [-0.15, -0.1) is 22.7 Å². The zero-order valence-electron chi connectivity index (χ0n) is 14.7. The first-order valence-electron chi connectivity index (χ1n) is 8.47. The first kappa shape index (κ1) is 18.9. The highest BCUT2D eigenvalue weighted by molar-refractivity contribution is 7.20. The lowest BCUT2D eigenvalue weighted by Crippen LogP contribution is -2.08. The van der Waals surface area contributed by atoms with Gasteiger partial charge in [0.15, 0.2) is 5.69 Å². The Balaban J connectivity index is 1.58. The molecular formula is C20H14ClNO4S2. The highest BCUT2D eigenvalue weighted by Gasteiger charge is 2.16. The summed E-state index contributed by atoms with van der Waals surface area (Å²) in [7, 11) is 0. The Morgan fingerprint density at radius 3 is 2.86 bits per heavy atom. The number of carbonyl (C=O) groups excluding carboxylic acids is 1. The number of nitrogens with zero attached hydrogens (tertiary/aromatic N) is 1. The van der Waals surface area contributed by atoms with Gasteiger partial charge >= 0.3 is 11.6 Å². The second-order valence-electron chi connectivity index (χ2n) is 5.98. The van der Waals surface area contributed by atoms with Crippen molar-refractivity contribution < 1.29 is 13.9 Å². The first-order valence-corrected chi connectivity index (χ1v) is 10.6. The third-order valence-corrected chi connectivity index (χ3v) is 6.42. The molecule has 1 aromatic carbocycles. The summed E-state index contributed by atoms with van der Waals surface area (Å²) >= 11 is 9.23. The predicted molar refractivity (Wildman–Crippen MR) is 111 cm³/mol. The number of thiophene rings is 1. The number of ether oxygens (including phenoxy) is 1. The Labute approximate surface area is 173 Å². The number of hydrogen-bond acceptors (Lipinski definition) is 7. The van der Waals surface area contributed by atoms with Gasteiger partial charge in [0.25, 0.3) is 0 Å². The number of carbonyl (C=O) groups is 1. The number of hydrogen-bond donors (Lipinski definition) is 0. The van der Waals surface area contributed by atoms with E-state index in [2.05, 4.69) is 4.98 Å². The number of aromatic nitrogens is 1. The summed E-state index contributed by atoms with van der Waals surface area (Å²) in [5.74, 6) is -0.545. The van der Waals surface area contributed by atoms with Crippen LogP contribution in [0, 0.1) is 0 Å². The van der Waals surface area contributed by atoms with Crippen LogP contribution < -0.4 is 5.63 Å². The van der Waals surface area contributed by atoms with Crippen LogP contribution in [0.4, 0.5) is 0 Å². The standard InChI is InChI=1S/C20H14ClNO4S2/c1-2-11-6-16-13(8-14(11)21)12(7-18(23)26-16)9-25-20(24)15-10-28-19(22-15)17-4-3-5-27-17/h3-8,10H,2,9H2,1H3. The van der Waals surface area contributed by atoms with Crippen LogP contribution in [0.3, 0.4) is 0 Å². The monoisotopic (exact) mass is 431 g/mol. The van der Waals surface area contributed by atoms with E-state index in [1.165, 1.54) is 17.4 Å². The molecular weight excluding hydrogens is 418 g/mol. The van der Waals surface area contributed by atoms with Crippen LogP contribution in [0.5, 0.6) is 0 Å². The molecule has 0 saturated carbocycles. The molecule has 0 atom stereocenters. The van der Waals surface area contributed by atoms with Crippen molar-refractivity contribution in [3.05, 3.63) is 73.4 Å². The molecule has 0 bridgehead atoms. The highest BCUT2D eigenvalue weighted by Crippen LogP contribution is 2.29. The summed E-state index contributed by atoms with van der Waals surface area (Å²) in [6, 6.07) is 8.68. The van der Waals surface area contributed by atoms with Crippen LogP contribution in [-0.4, -0.2) is 11.0 Å². The molecule has 0 fully saturated rings. The van der Waals surface area contributed by atoms with Crippen molar-refractivity contribution in [1.29, 1.82) is 0 Å². The van der Waals surface area contributed by atoms with Crippen molar-refractivity contribution in [2.75, 3.05) is 0 Å². The second kappa shape index (κ2) is 7.87. The lowest BCUT2D eigenvalue weighted by atomic mass is 10.1. The number of thiazole rings is 1. The lowest BCUT2D eigenvalue weighted by molar-refractivity contribution is 0.0468. The van der Waals surface area contributed by atoms with Crippen LogP contribution in [0.2, 0.25) is 5.02 Å². The Morgan fingerprint density at radius 2 is 2.11 bits per heavy atom. The van der Waals surface area contributed by atoms with Crippen LogP contribution in [0.25, 0.3) is 20.9 Å². The summed E-state index contributed by atoms with van der Waals surface area (Å²) in [6.07, 6.45) is 0.716. The zero-order chi connectivity index (χ0) is 19.7. The third kappa shape index (κ3) is 3.73. The molecule has 3 aromatic heterocycles. The average molecular weight is 432 g/mol. The number of halogens is 1. The van der Waals surface area contributed by atoms with Crippen molar-refractivity contribution in [1.82, 2.24) is 4.98 Å². The number of benzene rings is 1. The molecule has 0 amide bonds. The summed E-state index contributed by atoms with van der Waals surface area (Å²) in [6.45, 7) is 1.89.